The van der Waals surface area contributed by atoms with Gasteiger partial charge in [-0.2, -0.15) is 9.97 Å². The smallest absolute Gasteiger partial charge is 0.318 e. The zero-order valence-electron chi connectivity index (χ0n) is 9.52. The lowest BCUT2D eigenvalue weighted by atomic mass is 10.2. The normalized spacial score (nSPS) is 10.7. The lowest BCUT2D eigenvalue weighted by Gasteiger charge is -2.09. The summed E-state index contributed by atoms with van der Waals surface area (Å²) in [6.07, 6.45) is 0. The molecular weight excluding hydrogens is 206 g/mol. The Morgan fingerprint density at radius 3 is 2.75 bits per heavy atom. The van der Waals surface area contributed by atoms with Crippen LogP contribution in [0.5, 0.6) is 6.01 Å². The van der Waals surface area contributed by atoms with E-state index in [0.29, 0.717) is 12.2 Å². The van der Waals surface area contributed by atoms with E-state index in [1.165, 1.54) is 13.2 Å². The molecule has 0 saturated carbocycles. The summed E-state index contributed by atoms with van der Waals surface area (Å²) < 4.78 is 6.61. The highest BCUT2D eigenvalue weighted by atomic mass is 16.5. The first kappa shape index (κ1) is 10.6. The molecule has 84 valence electrons. The Hall–Kier alpha value is -1.91. The fraction of sp³-hybridized carbons (Fsp3) is 0.364. The van der Waals surface area contributed by atoms with Crippen LogP contribution in [0.3, 0.4) is 0 Å². The molecule has 2 rings (SSSR count). The summed E-state index contributed by atoms with van der Waals surface area (Å²) in [4.78, 5) is 20.0. The van der Waals surface area contributed by atoms with Crippen molar-refractivity contribution in [3.63, 3.8) is 0 Å². The summed E-state index contributed by atoms with van der Waals surface area (Å²) in [7, 11) is 1.51. The summed E-state index contributed by atoms with van der Waals surface area (Å²) >= 11 is 0. The second-order valence-corrected chi connectivity index (χ2v) is 3.45. The standard InChI is InChI=1S/C11H13N3O2/c1-4-14-9(15)6-5-8-7(2)12-11(16-3)13-10(8)14/h5-6H,4H2,1-3H3. The van der Waals surface area contributed by atoms with Crippen molar-refractivity contribution in [1.29, 1.82) is 0 Å². The van der Waals surface area contributed by atoms with Gasteiger partial charge in [0.15, 0.2) is 0 Å². The zero-order valence-corrected chi connectivity index (χ0v) is 9.52. The summed E-state index contributed by atoms with van der Waals surface area (Å²) in [5, 5.41) is 0.877. The Morgan fingerprint density at radius 2 is 2.12 bits per heavy atom. The van der Waals surface area contributed by atoms with Crippen LogP contribution in [0.15, 0.2) is 16.9 Å². The quantitative estimate of drug-likeness (QED) is 0.759. The molecular formula is C11H13N3O2. The highest BCUT2D eigenvalue weighted by molar-refractivity contribution is 5.77. The largest absolute Gasteiger partial charge is 0.467 e. The van der Waals surface area contributed by atoms with Gasteiger partial charge in [-0.3, -0.25) is 9.36 Å². The lowest BCUT2D eigenvalue weighted by molar-refractivity contribution is 0.380. The van der Waals surface area contributed by atoms with Crippen molar-refractivity contribution in [2.75, 3.05) is 7.11 Å². The number of rotatable bonds is 2. The first-order chi connectivity index (χ1) is 7.67. The van der Waals surface area contributed by atoms with Crippen LogP contribution in [0, 0.1) is 6.92 Å². The van der Waals surface area contributed by atoms with Crippen molar-refractivity contribution in [3.05, 3.63) is 28.2 Å². The third kappa shape index (κ3) is 1.54. The molecule has 0 aliphatic heterocycles. The minimum Gasteiger partial charge on any atom is -0.467 e. The molecule has 0 aliphatic rings. The third-order valence-electron chi connectivity index (χ3n) is 2.51. The van der Waals surface area contributed by atoms with Gasteiger partial charge in [0.1, 0.15) is 5.65 Å². The van der Waals surface area contributed by atoms with Crippen molar-refractivity contribution >= 4 is 11.0 Å². The molecule has 0 spiro atoms. The Balaban J connectivity index is 2.90. The van der Waals surface area contributed by atoms with E-state index in [0.717, 1.165) is 11.1 Å². The molecule has 0 aromatic carbocycles. The van der Waals surface area contributed by atoms with Crippen LogP contribution in [0.4, 0.5) is 0 Å². The van der Waals surface area contributed by atoms with Crippen LogP contribution in [0.25, 0.3) is 11.0 Å². The number of fused-ring (bicyclic) bond motifs is 1. The topological polar surface area (TPSA) is 57.0 Å². The average Bonchev–Trinajstić information content (AvgIpc) is 2.28. The SMILES string of the molecule is CCn1c(=O)ccc2c(C)nc(OC)nc21. The number of methoxy groups -OCH3 is 1. The monoisotopic (exact) mass is 219 g/mol. The van der Waals surface area contributed by atoms with Gasteiger partial charge in [-0.25, -0.2) is 0 Å². The Labute approximate surface area is 92.7 Å². The number of pyridine rings is 1. The van der Waals surface area contributed by atoms with E-state index in [1.54, 1.807) is 10.6 Å². The average molecular weight is 219 g/mol. The summed E-state index contributed by atoms with van der Waals surface area (Å²) in [6, 6.07) is 3.57. The number of aromatic nitrogens is 3. The molecule has 0 amide bonds. The van der Waals surface area contributed by atoms with E-state index in [1.807, 2.05) is 13.8 Å². The van der Waals surface area contributed by atoms with Gasteiger partial charge in [0, 0.05) is 18.0 Å². The van der Waals surface area contributed by atoms with Crippen LogP contribution in [-0.4, -0.2) is 21.6 Å². The maximum Gasteiger partial charge on any atom is 0.318 e. The minimum atomic E-state index is -0.0600. The highest BCUT2D eigenvalue weighted by Crippen LogP contribution is 2.16. The predicted octanol–water partition coefficient (Wildman–Crippen LogP) is 1.13. The molecule has 0 saturated heterocycles. The summed E-state index contributed by atoms with van der Waals surface area (Å²) in [5.41, 5.74) is 1.37. The second kappa shape index (κ2) is 3.92. The van der Waals surface area contributed by atoms with E-state index < -0.39 is 0 Å². The second-order valence-electron chi connectivity index (χ2n) is 3.45. The molecule has 16 heavy (non-hydrogen) atoms. The Morgan fingerprint density at radius 1 is 1.38 bits per heavy atom. The minimum absolute atomic E-state index is 0.0600. The molecule has 0 N–H and O–H groups in total. The van der Waals surface area contributed by atoms with E-state index in [9.17, 15) is 4.79 Å². The van der Waals surface area contributed by atoms with Gasteiger partial charge in [-0.1, -0.05) is 0 Å². The maximum absolute atomic E-state index is 11.6. The van der Waals surface area contributed by atoms with Crippen molar-refractivity contribution in [1.82, 2.24) is 14.5 Å². The first-order valence-electron chi connectivity index (χ1n) is 5.09. The summed E-state index contributed by atoms with van der Waals surface area (Å²) in [6.45, 7) is 4.36. The predicted molar refractivity (Wildman–Crippen MR) is 60.8 cm³/mol. The fourth-order valence-electron chi connectivity index (χ4n) is 1.69. The fourth-order valence-corrected chi connectivity index (χ4v) is 1.69. The van der Waals surface area contributed by atoms with E-state index in [4.69, 9.17) is 4.74 Å². The van der Waals surface area contributed by atoms with Gasteiger partial charge in [0.2, 0.25) is 0 Å². The van der Waals surface area contributed by atoms with Crippen LogP contribution in [0.1, 0.15) is 12.6 Å². The molecule has 5 nitrogen and oxygen atoms in total. The number of ether oxygens (including phenoxy) is 1. The van der Waals surface area contributed by atoms with E-state index >= 15 is 0 Å². The molecule has 0 radical (unpaired) electrons. The molecule has 2 heterocycles. The van der Waals surface area contributed by atoms with Gasteiger partial charge >= 0.3 is 6.01 Å². The number of hydrogen-bond acceptors (Lipinski definition) is 4. The molecule has 0 unspecified atom stereocenters. The lowest BCUT2D eigenvalue weighted by Crippen LogP contribution is -2.19. The van der Waals surface area contributed by atoms with Crippen LogP contribution in [0.2, 0.25) is 0 Å². The van der Waals surface area contributed by atoms with Gasteiger partial charge in [0.25, 0.3) is 5.56 Å². The number of aryl methyl sites for hydroxylation is 2. The number of hydrogen-bond donors (Lipinski definition) is 0. The third-order valence-corrected chi connectivity index (χ3v) is 2.51. The molecule has 2 aromatic heterocycles. The molecule has 0 bridgehead atoms. The highest BCUT2D eigenvalue weighted by Gasteiger charge is 2.08. The first-order valence-corrected chi connectivity index (χ1v) is 5.09. The molecule has 0 atom stereocenters. The van der Waals surface area contributed by atoms with Gasteiger partial charge in [-0.05, 0) is 19.9 Å². The molecule has 5 heteroatoms. The van der Waals surface area contributed by atoms with Crippen molar-refractivity contribution in [2.45, 2.75) is 20.4 Å². The van der Waals surface area contributed by atoms with Crippen molar-refractivity contribution in [3.8, 4) is 6.01 Å². The Kier molecular flexibility index (Phi) is 2.60. The Bertz CT molecular complexity index is 590. The van der Waals surface area contributed by atoms with Gasteiger partial charge in [0.05, 0.1) is 12.8 Å². The van der Waals surface area contributed by atoms with Crippen LogP contribution < -0.4 is 10.3 Å². The van der Waals surface area contributed by atoms with E-state index in [2.05, 4.69) is 9.97 Å². The van der Waals surface area contributed by atoms with Gasteiger partial charge < -0.3 is 4.74 Å². The molecule has 0 aliphatic carbocycles. The number of nitrogens with zero attached hydrogens (tertiary/aromatic N) is 3. The van der Waals surface area contributed by atoms with Crippen LogP contribution >= 0.6 is 0 Å². The van der Waals surface area contributed by atoms with Crippen molar-refractivity contribution in [2.24, 2.45) is 0 Å². The molecule has 2 aromatic rings. The van der Waals surface area contributed by atoms with E-state index in [-0.39, 0.29) is 11.6 Å². The maximum atomic E-state index is 11.6. The molecule has 0 fully saturated rings. The van der Waals surface area contributed by atoms with Crippen LogP contribution in [-0.2, 0) is 6.54 Å². The van der Waals surface area contributed by atoms with Crippen molar-refractivity contribution < 1.29 is 4.74 Å². The zero-order chi connectivity index (χ0) is 11.7. The van der Waals surface area contributed by atoms with Gasteiger partial charge in [-0.15, -0.1) is 0 Å². The summed E-state index contributed by atoms with van der Waals surface area (Å²) in [5.74, 6) is 0.